The van der Waals surface area contributed by atoms with Crippen LogP contribution in [0.4, 0.5) is 0 Å². The molecule has 0 saturated heterocycles. The van der Waals surface area contributed by atoms with Crippen LogP contribution in [0.15, 0.2) is 12.2 Å². The number of rotatable bonds is 11. The van der Waals surface area contributed by atoms with Crippen LogP contribution in [0.3, 0.4) is 0 Å². The van der Waals surface area contributed by atoms with Crippen molar-refractivity contribution in [1.82, 2.24) is 0 Å². The second kappa shape index (κ2) is 11.8. The maximum absolute atomic E-state index is 4.11. The summed E-state index contributed by atoms with van der Waals surface area (Å²) in [5, 5.41) is 0. The third-order valence-corrected chi connectivity index (χ3v) is 2.91. The summed E-state index contributed by atoms with van der Waals surface area (Å²) < 4.78 is 0. The monoisotopic (exact) mass is 209 g/mol. The van der Waals surface area contributed by atoms with E-state index in [0.717, 1.165) is 6.42 Å². The molecule has 0 aliphatic rings. The number of unbranched alkanes of at least 4 members (excludes halogenated alkanes) is 7. The minimum absolute atomic E-state index is 1.05. The third kappa shape index (κ3) is 11.7. The van der Waals surface area contributed by atoms with Crippen LogP contribution in [0.2, 0.25) is 0 Å². The molecule has 0 aliphatic carbocycles. The highest BCUT2D eigenvalue weighted by atomic mass is 14.0. The minimum atomic E-state index is 1.05. The molecule has 0 aliphatic heterocycles. The van der Waals surface area contributed by atoms with Crippen LogP contribution in [0.1, 0.15) is 77.6 Å². The molecule has 0 fully saturated rings. The Kier molecular flexibility index (Phi) is 11.6. The number of hydrogen-bond donors (Lipinski definition) is 0. The fourth-order valence-corrected chi connectivity index (χ4v) is 1.83. The first-order valence-corrected chi connectivity index (χ1v) is 6.77. The molecule has 0 spiro atoms. The van der Waals surface area contributed by atoms with Gasteiger partial charge < -0.3 is 0 Å². The lowest BCUT2D eigenvalue weighted by Crippen LogP contribution is -1.84. The number of hydrogen-bond acceptors (Lipinski definition) is 0. The molecular formula is C15H29. The van der Waals surface area contributed by atoms with E-state index in [1.165, 1.54) is 69.8 Å². The Morgan fingerprint density at radius 3 is 1.93 bits per heavy atom. The van der Waals surface area contributed by atoms with E-state index in [9.17, 15) is 0 Å². The molecule has 0 aromatic heterocycles. The molecule has 15 heavy (non-hydrogen) atoms. The van der Waals surface area contributed by atoms with Gasteiger partial charge in [-0.15, -0.1) is 0 Å². The Hall–Kier alpha value is -0.260. The molecule has 0 bridgehead atoms. The van der Waals surface area contributed by atoms with E-state index >= 15 is 0 Å². The molecule has 0 rings (SSSR count). The van der Waals surface area contributed by atoms with Crippen molar-refractivity contribution in [2.75, 3.05) is 0 Å². The van der Waals surface area contributed by atoms with Crippen molar-refractivity contribution in [3.8, 4) is 0 Å². The first-order valence-electron chi connectivity index (χ1n) is 6.77. The summed E-state index contributed by atoms with van der Waals surface area (Å²) in [4.78, 5) is 0. The quantitative estimate of drug-likeness (QED) is 0.303. The topological polar surface area (TPSA) is 0 Å². The molecule has 0 amide bonds. The van der Waals surface area contributed by atoms with E-state index in [-0.39, 0.29) is 0 Å². The Morgan fingerprint density at radius 1 is 0.800 bits per heavy atom. The molecule has 0 unspecified atom stereocenters. The van der Waals surface area contributed by atoms with Gasteiger partial charge in [0.25, 0.3) is 0 Å². The zero-order valence-electron chi connectivity index (χ0n) is 10.7. The average Bonchev–Trinajstić information content (AvgIpc) is 2.25. The van der Waals surface area contributed by atoms with E-state index in [0.29, 0.717) is 0 Å². The zero-order chi connectivity index (χ0) is 11.4. The van der Waals surface area contributed by atoms with Gasteiger partial charge in [-0.25, -0.2) is 0 Å². The summed E-state index contributed by atoms with van der Waals surface area (Å²) in [6.45, 7) is 10.2. The Balaban J connectivity index is 3.06. The molecule has 0 saturated carbocycles. The maximum Gasteiger partial charge on any atom is -0.0323 e. The summed E-state index contributed by atoms with van der Waals surface area (Å²) in [7, 11) is 0. The molecule has 0 atom stereocenters. The fraction of sp³-hybridized carbons (Fsp3) is 0.800. The maximum atomic E-state index is 4.11. The van der Waals surface area contributed by atoms with Gasteiger partial charge in [-0.2, -0.15) is 0 Å². The van der Waals surface area contributed by atoms with Gasteiger partial charge in [-0.05, 0) is 25.7 Å². The molecule has 0 aromatic carbocycles. The Morgan fingerprint density at radius 2 is 1.33 bits per heavy atom. The fourth-order valence-electron chi connectivity index (χ4n) is 1.83. The van der Waals surface area contributed by atoms with Gasteiger partial charge in [-0.1, -0.05) is 70.9 Å². The Bertz CT molecular complexity index is 135. The first-order chi connectivity index (χ1) is 7.31. The summed E-state index contributed by atoms with van der Waals surface area (Å²) in [5.41, 5.74) is 1.44. The summed E-state index contributed by atoms with van der Waals surface area (Å²) in [5.74, 6) is 0. The van der Waals surface area contributed by atoms with Crippen molar-refractivity contribution < 1.29 is 0 Å². The summed E-state index contributed by atoms with van der Waals surface area (Å²) in [6.07, 6.45) is 14.5. The largest absolute Gasteiger partial charge is 0.0999 e. The normalized spacial score (nSPS) is 10.5. The molecule has 0 heteroatoms. The van der Waals surface area contributed by atoms with Crippen LogP contribution in [0.25, 0.3) is 0 Å². The highest BCUT2D eigenvalue weighted by Crippen LogP contribution is 2.15. The summed E-state index contributed by atoms with van der Waals surface area (Å²) >= 11 is 0. The number of allylic oxidation sites excluding steroid dienone is 1. The molecular weight excluding hydrogens is 180 g/mol. The van der Waals surface area contributed by atoms with E-state index < -0.39 is 0 Å². The smallest absolute Gasteiger partial charge is 0.0323 e. The van der Waals surface area contributed by atoms with E-state index in [4.69, 9.17) is 0 Å². The molecule has 0 aromatic rings. The van der Waals surface area contributed by atoms with Gasteiger partial charge in [0, 0.05) is 0 Å². The third-order valence-electron chi connectivity index (χ3n) is 2.91. The van der Waals surface area contributed by atoms with Crippen LogP contribution in [0.5, 0.6) is 0 Å². The lowest BCUT2D eigenvalue weighted by molar-refractivity contribution is 0.584. The van der Waals surface area contributed by atoms with E-state index in [1.807, 2.05) is 0 Å². The van der Waals surface area contributed by atoms with Crippen LogP contribution in [-0.2, 0) is 0 Å². The predicted molar refractivity (Wildman–Crippen MR) is 71.0 cm³/mol. The second-order valence-electron chi connectivity index (χ2n) is 4.58. The molecule has 89 valence electrons. The van der Waals surface area contributed by atoms with Crippen molar-refractivity contribution in [1.29, 1.82) is 0 Å². The first kappa shape index (κ1) is 14.7. The minimum Gasteiger partial charge on any atom is -0.0999 e. The van der Waals surface area contributed by atoms with Gasteiger partial charge in [0.05, 0.1) is 0 Å². The van der Waals surface area contributed by atoms with Gasteiger partial charge in [0.1, 0.15) is 0 Å². The van der Waals surface area contributed by atoms with Crippen molar-refractivity contribution in [3.05, 3.63) is 19.1 Å². The van der Waals surface area contributed by atoms with Crippen molar-refractivity contribution in [2.24, 2.45) is 0 Å². The molecule has 0 nitrogen and oxygen atoms in total. The molecule has 1 radical (unpaired) electrons. The predicted octanol–water partition coefficient (Wildman–Crippen LogP) is 5.69. The van der Waals surface area contributed by atoms with Gasteiger partial charge in [0.15, 0.2) is 0 Å². The average molecular weight is 209 g/mol. The van der Waals surface area contributed by atoms with E-state index in [1.54, 1.807) is 0 Å². The second-order valence-corrected chi connectivity index (χ2v) is 4.58. The van der Waals surface area contributed by atoms with Crippen molar-refractivity contribution in [3.63, 3.8) is 0 Å². The van der Waals surface area contributed by atoms with E-state index in [2.05, 4.69) is 20.4 Å². The Labute approximate surface area is 97.2 Å². The van der Waals surface area contributed by atoms with Crippen LogP contribution in [0, 0.1) is 6.92 Å². The van der Waals surface area contributed by atoms with Crippen LogP contribution >= 0.6 is 0 Å². The molecule has 0 heterocycles. The SMILES string of the molecule is [CH2]CCCC(=C)CCCCCCCCC. The van der Waals surface area contributed by atoms with Crippen molar-refractivity contribution in [2.45, 2.75) is 77.6 Å². The van der Waals surface area contributed by atoms with Gasteiger partial charge >= 0.3 is 0 Å². The van der Waals surface area contributed by atoms with Crippen LogP contribution < -0.4 is 0 Å². The standard InChI is InChI=1S/C15H29/c1-4-6-8-9-10-11-12-14-15(3)13-7-5-2/h2-14H2,1H3. The van der Waals surface area contributed by atoms with Gasteiger partial charge in [0.2, 0.25) is 0 Å². The highest BCUT2D eigenvalue weighted by molar-refractivity contribution is 4.93. The van der Waals surface area contributed by atoms with Gasteiger partial charge in [-0.3, -0.25) is 0 Å². The zero-order valence-corrected chi connectivity index (χ0v) is 10.7. The van der Waals surface area contributed by atoms with Crippen LogP contribution in [-0.4, -0.2) is 0 Å². The highest BCUT2D eigenvalue weighted by Gasteiger charge is 1.95. The lowest BCUT2D eigenvalue weighted by Gasteiger charge is -2.04. The lowest BCUT2D eigenvalue weighted by atomic mass is 10.0. The summed E-state index contributed by atoms with van der Waals surface area (Å²) in [6, 6.07) is 0. The van der Waals surface area contributed by atoms with Crippen molar-refractivity contribution >= 4 is 0 Å². The molecule has 0 N–H and O–H groups in total.